The zero-order chi connectivity index (χ0) is 14.8. The van der Waals surface area contributed by atoms with Crippen LogP contribution < -0.4 is 15.2 Å². The van der Waals surface area contributed by atoms with Gasteiger partial charge in [-0.2, -0.15) is 0 Å². The molecule has 4 heteroatoms. The molecule has 4 nitrogen and oxygen atoms in total. The highest BCUT2D eigenvalue weighted by Crippen LogP contribution is 2.36. The predicted molar refractivity (Wildman–Crippen MR) is 83.8 cm³/mol. The molecule has 3 atom stereocenters. The van der Waals surface area contributed by atoms with Crippen LogP contribution in [0.5, 0.6) is 11.5 Å². The van der Waals surface area contributed by atoms with Crippen molar-refractivity contribution in [1.29, 1.82) is 0 Å². The molecular weight excluding hydrogens is 264 g/mol. The molecule has 2 heterocycles. The number of hydrogen-bond acceptors (Lipinski definition) is 4. The van der Waals surface area contributed by atoms with Gasteiger partial charge in [-0.3, -0.25) is 4.90 Å². The van der Waals surface area contributed by atoms with Crippen LogP contribution in [0.3, 0.4) is 0 Å². The molecule has 1 aromatic rings. The molecular formula is C17H26N2O2. The Morgan fingerprint density at radius 3 is 2.81 bits per heavy atom. The first-order valence-electron chi connectivity index (χ1n) is 8.04. The van der Waals surface area contributed by atoms with Crippen LogP contribution in [0.15, 0.2) is 18.2 Å². The molecule has 3 unspecified atom stereocenters. The fourth-order valence-corrected chi connectivity index (χ4v) is 3.52. The quantitative estimate of drug-likeness (QED) is 0.929. The summed E-state index contributed by atoms with van der Waals surface area (Å²) in [5, 5.41) is 0. The van der Waals surface area contributed by atoms with Crippen molar-refractivity contribution < 1.29 is 9.47 Å². The number of ether oxygens (including phenoxy) is 2. The van der Waals surface area contributed by atoms with Crippen molar-refractivity contribution >= 4 is 0 Å². The van der Waals surface area contributed by atoms with Crippen LogP contribution in [0.1, 0.15) is 38.3 Å². The van der Waals surface area contributed by atoms with Gasteiger partial charge in [0.1, 0.15) is 13.2 Å². The van der Waals surface area contributed by atoms with E-state index in [4.69, 9.17) is 15.2 Å². The zero-order valence-corrected chi connectivity index (χ0v) is 13.0. The molecule has 116 valence electrons. The molecule has 0 saturated carbocycles. The molecule has 0 amide bonds. The van der Waals surface area contributed by atoms with Gasteiger partial charge in [-0.1, -0.05) is 13.0 Å². The minimum Gasteiger partial charge on any atom is -0.486 e. The molecule has 1 saturated heterocycles. The molecule has 0 bridgehead atoms. The van der Waals surface area contributed by atoms with Crippen LogP contribution in [0.4, 0.5) is 0 Å². The van der Waals surface area contributed by atoms with Gasteiger partial charge in [0.05, 0.1) is 0 Å². The molecule has 1 aromatic carbocycles. The Labute approximate surface area is 127 Å². The SMILES string of the molecule is CC1CCN(C(C)c2ccc3c(c2)OCCO3)C(CN)C1. The van der Waals surface area contributed by atoms with Crippen LogP contribution in [0, 0.1) is 5.92 Å². The van der Waals surface area contributed by atoms with Crippen molar-refractivity contribution in [3.8, 4) is 11.5 Å². The van der Waals surface area contributed by atoms with E-state index >= 15 is 0 Å². The van der Waals surface area contributed by atoms with Gasteiger partial charge in [0, 0.05) is 18.6 Å². The average molecular weight is 290 g/mol. The van der Waals surface area contributed by atoms with E-state index in [-0.39, 0.29) is 0 Å². The lowest BCUT2D eigenvalue weighted by molar-refractivity contribution is 0.0830. The fourth-order valence-electron chi connectivity index (χ4n) is 3.52. The third kappa shape index (κ3) is 3.01. The zero-order valence-electron chi connectivity index (χ0n) is 13.0. The maximum Gasteiger partial charge on any atom is 0.161 e. The third-order valence-corrected chi connectivity index (χ3v) is 4.84. The topological polar surface area (TPSA) is 47.7 Å². The number of benzene rings is 1. The van der Waals surface area contributed by atoms with Gasteiger partial charge < -0.3 is 15.2 Å². The largest absolute Gasteiger partial charge is 0.486 e. The molecule has 2 N–H and O–H groups in total. The standard InChI is InChI=1S/C17H26N2O2/c1-12-5-6-19(15(9-12)11-18)13(2)14-3-4-16-17(10-14)21-8-7-20-16/h3-4,10,12-13,15H,5-9,11,18H2,1-2H3. The Balaban J connectivity index is 1.79. The summed E-state index contributed by atoms with van der Waals surface area (Å²) in [6, 6.07) is 7.16. The fraction of sp³-hybridized carbons (Fsp3) is 0.647. The second kappa shape index (κ2) is 6.24. The van der Waals surface area contributed by atoms with Gasteiger partial charge in [-0.15, -0.1) is 0 Å². The second-order valence-corrected chi connectivity index (χ2v) is 6.34. The highest BCUT2D eigenvalue weighted by atomic mass is 16.6. The number of fused-ring (bicyclic) bond motifs is 1. The number of nitrogens with two attached hydrogens (primary N) is 1. The summed E-state index contributed by atoms with van der Waals surface area (Å²) in [6.07, 6.45) is 2.46. The van der Waals surface area contributed by atoms with Crippen molar-refractivity contribution in [3.05, 3.63) is 23.8 Å². The molecule has 1 fully saturated rings. The maximum absolute atomic E-state index is 6.00. The number of nitrogens with zero attached hydrogens (tertiary/aromatic N) is 1. The van der Waals surface area contributed by atoms with Gasteiger partial charge in [0.15, 0.2) is 11.5 Å². The molecule has 2 aliphatic heterocycles. The van der Waals surface area contributed by atoms with E-state index in [1.807, 2.05) is 6.07 Å². The van der Waals surface area contributed by atoms with E-state index in [0.29, 0.717) is 25.3 Å². The van der Waals surface area contributed by atoms with E-state index in [9.17, 15) is 0 Å². The van der Waals surface area contributed by atoms with Crippen molar-refractivity contribution in [2.75, 3.05) is 26.3 Å². The monoisotopic (exact) mass is 290 g/mol. The van der Waals surface area contributed by atoms with E-state index in [2.05, 4.69) is 30.9 Å². The van der Waals surface area contributed by atoms with Gasteiger partial charge >= 0.3 is 0 Å². The van der Waals surface area contributed by atoms with Crippen LogP contribution in [0.25, 0.3) is 0 Å². The van der Waals surface area contributed by atoms with Crippen LogP contribution in [-0.2, 0) is 0 Å². The Hall–Kier alpha value is -1.26. The summed E-state index contributed by atoms with van der Waals surface area (Å²) in [4.78, 5) is 2.55. The van der Waals surface area contributed by atoms with E-state index in [1.54, 1.807) is 0 Å². The Morgan fingerprint density at radius 2 is 2.05 bits per heavy atom. The van der Waals surface area contributed by atoms with Gasteiger partial charge in [-0.05, 0) is 49.9 Å². The Morgan fingerprint density at radius 1 is 1.29 bits per heavy atom. The second-order valence-electron chi connectivity index (χ2n) is 6.34. The molecule has 2 aliphatic rings. The number of hydrogen-bond donors (Lipinski definition) is 1. The van der Waals surface area contributed by atoms with E-state index in [1.165, 1.54) is 18.4 Å². The normalized spacial score (nSPS) is 27.4. The number of rotatable bonds is 3. The van der Waals surface area contributed by atoms with E-state index in [0.717, 1.165) is 30.5 Å². The highest BCUT2D eigenvalue weighted by molar-refractivity contribution is 5.44. The lowest BCUT2D eigenvalue weighted by Gasteiger charge is -2.42. The summed E-state index contributed by atoms with van der Waals surface area (Å²) >= 11 is 0. The third-order valence-electron chi connectivity index (χ3n) is 4.84. The summed E-state index contributed by atoms with van der Waals surface area (Å²) in [7, 11) is 0. The summed E-state index contributed by atoms with van der Waals surface area (Å²) < 4.78 is 11.3. The number of likely N-dealkylation sites (tertiary alicyclic amines) is 1. The molecule has 0 spiro atoms. The highest BCUT2D eigenvalue weighted by Gasteiger charge is 2.29. The van der Waals surface area contributed by atoms with Crippen molar-refractivity contribution in [2.24, 2.45) is 11.7 Å². The smallest absolute Gasteiger partial charge is 0.161 e. The Bertz CT molecular complexity index is 492. The first-order valence-corrected chi connectivity index (χ1v) is 8.04. The van der Waals surface area contributed by atoms with Crippen molar-refractivity contribution in [2.45, 2.75) is 38.8 Å². The average Bonchev–Trinajstić information content (AvgIpc) is 2.53. The lowest BCUT2D eigenvalue weighted by Crippen LogP contribution is -2.47. The maximum atomic E-state index is 6.00. The van der Waals surface area contributed by atoms with Crippen LogP contribution in [0.2, 0.25) is 0 Å². The van der Waals surface area contributed by atoms with Gasteiger partial charge in [-0.25, -0.2) is 0 Å². The molecule has 3 rings (SSSR count). The number of piperidine rings is 1. The summed E-state index contributed by atoms with van der Waals surface area (Å²) in [5.74, 6) is 2.52. The molecule has 0 aliphatic carbocycles. The molecule has 0 radical (unpaired) electrons. The summed E-state index contributed by atoms with van der Waals surface area (Å²) in [6.45, 7) is 7.73. The van der Waals surface area contributed by atoms with Crippen LogP contribution in [-0.4, -0.2) is 37.2 Å². The Kier molecular flexibility index (Phi) is 4.36. The van der Waals surface area contributed by atoms with E-state index < -0.39 is 0 Å². The minimum absolute atomic E-state index is 0.363. The lowest BCUT2D eigenvalue weighted by atomic mass is 9.90. The van der Waals surface area contributed by atoms with Crippen LogP contribution >= 0.6 is 0 Å². The predicted octanol–water partition coefficient (Wildman–Crippen LogP) is 2.58. The van der Waals surface area contributed by atoms with Gasteiger partial charge in [0.2, 0.25) is 0 Å². The summed E-state index contributed by atoms with van der Waals surface area (Å²) in [5.41, 5.74) is 7.28. The minimum atomic E-state index is 0.363. The first kappa shape index (κ1) is 14.7. The molecule has 21 heavy (non-hydrogen) atoms. The first-order chi connectivity index (χ1) is 10.2. The molecule has 0 aromatic heterocycles. The van der Waals surface area contributed by atoms with Crippen molar-refractivity contribution in [3.63, 3.8) is 0 Å². The van der Waals surface area contributed by atoms with Crippen molar-refractivity contribution in [1.82, 2.24) is 4.90 Å². The van der Waals surface area contributed by atoms with Gasteiger partial charge in [0.25, 0.3) is 0 Å².